The highest BCUT2D eigenvalue weighted by atomic mass is 16.8. The van der Waals surface area contributed by atoms with Crippen LogP contribution in [0.15, 0.2) is 0 Å². The van der Waals surface area contributed by atoms with E-state index in [0.717, 1.165) is 19.3 Å². The van der Waals surface area contributed by atoms with Crippen LogP contribution in [0.5, 0.6) is 0 Å². The Bertz CT molecular complexity index is 234. The zero-order valence-electron chi connectivity index (χ0n) is 8.61. The van der Waals surface area contributed by atoms with Crippen molar-refractivity contribution in [1.82, 2.24) is 0 Å². The van der Waals surface area contributed by atoms with E-state index in [2.05, 4.69) is 0 Å². The van der Waals surface area contributed by atoms with Gasteiger partial charge in [0, 0.05) is 6.42 Å². The van der Waals surface area contributed by atoms with Crippen LogP contribution >= 0.6 is 0 Å². The quantitative estimate of drug-likeness (QED) is 0.649. The van der Waals surface area contributed by atoms with Crippen molar-refractivity contribution in [3.63, 3.8) is 0 Å². The lowest BCUT2D eigenvalue weighted by Crippen LogP contribution is -2.51. The Kier molecular flexibility index (Phi) is 3.23. The summed E-state index contributed by atoms with van der Waals surface area (Å²) >= 11 is 0. The Morgan fingerprint density at radius 2 is 1.93 bits per heavy atom. The van der Waals surface area contributed by atoms with Gasteiger partial charge in [-0.15, -0.1) is 0 Å². The molecule has 1 atom stereocenters. The van der Waals surface area contributed by atoms with Crippen LogP contribution in [-0.4, -0.2) is 36.4 Å². The van der Waals surface area contributed by atoms with Crippen molar-refractivity contribution < 1.29 is 24.1 Å². The number of aliphatic hydroxyl groups is 1. The lowest BCUT2D eigenvalue weighted by molar-refractivity contribution is -0.413. The molecule has 0 aliphatic carbocycles. The highest BCUT2D eigenvalue weighted by Gasteiger charge is 2.44. The minimum Gasteiger partial charge on any atom is -0.454 e. The second-order valence-electron chi connectivity index (χ2n) is 3.91. The Labute approximate surface area is 88.3 Å². The molecule has 2 heterocycles. The number of ether oxygens (including phenoxy) is 3. The highest BCUT2D eigenvalue weighted by molar-refractivity contribution is 5.69. The molecule has 0 saturated carbocycles. The molecule has 15 heavy (non-hydrogen) atoms. The van der Waals surface area contributed by atoms with E-state index in [1.54, 1.807) is 0 Å². The topological polar surface area (TPSA) is 65.0 Å². The summed E-state index contributed by atoms with van der Waals surface area (Å²) in [7, 11) is 0. The summed E-state index contributed by atoms with van der Waals surface area (Å²) in [6.07, 6.45) is 2.70. The molecule has 2 aliphatic heterocycles. The summed E-state index contributed by atoms with van der Waals surface area (Å²) in [5, 5.41) is 10.0. The maximum atomic E-state index is 11.2. The molecule has 0 bridgehead atoms. The predicted octanol–water partition coefficient (Wildman–Crippen LogP) is 0.555. The predicted molar refractivity (Wildman–Crippen MR) is 49.8 cm³/mol. The minimum absolute atomic E-state index is 0.288. The van der Waals surface area contributed by atoms with E-state index < -0.39 is 12.1 Å². The van der Waals surface area contributed by atoms with Crippen LogP contribution in [0, 0.1) is 0 Å². The number of carbonyl (C=O) groups is 1. The normalized spacial score (nSPS) is 31.8. The van der Waals surface area contributed by atoms with Gasteiger partial charge in [-0.25, -0.2) is 0 Å². The molecule has 0 aromatic heterocycles. The van der Waals surface area contributed by atoms with E-state index in [-0.39, 0.29) is 5.97 Å². The van der Waals surface area contributed by atoms with Crippen molar-refractivity contribution in [2.75, 3.05) is 13.2 Å². The van der Waals surface area contributed by atoms with Gasteiger partial charge in [-0.2, -0.15) is 0 Å². The Balaban J connectivity index is 2.02. The van der Waals surface area contributed by atoms with Gasteiger partial charge in [0.2, 0.25) is 0 Å². The summed E-state index contributed by atoms with van der Waals surface area (Å²) < 4.78 is 15.4. The van der Waals surface area contributed by atoms with Gasteiger partial charge in [-0.3, -0.25) is 4.79 Å². The fraction of sp³-hybridized carbons (Fsp3) is 0.900. The first-order chi connectivity index (χ1) is 7.21. The van der Waals surface area contributed by atoms with E-state index in [9.17, 15) is 9.90 Å². The average molecular weight is 216 g/mol. The summed E-state index contributed by atoms with van der Waals surface area (Å²) in [6, 6.07) is 0. The number of hydrogen-bond acceptors (Lipinski definition) is 5. The van der Waals surface area contributed by atoms with Crippen LogP contribution in [0.25, 0.3) is 0 Å². The van der Waals surface area contributed by atoms with Gasteiger partial charge in [-0.1, -0.05) is 0 Å². The Morgan fingerprint density at radius 1 is 1.20 bits per heavy atom. The average Bonchev–Trinajstić information content (AvgIpc) is 2.44. The Morgan fingerprint density at radius 3 is 2.67 bits per heavy atom. The third-order valence-corrected chi connectivity index (χ3v) is 2.68. The molecule has 5 nitrogen and oxygen atoms in total. The van der Waals surface area contributed by atoms with Gasteiger partial charge in [0.15, 0.2) is 6.10 Å². The van der Waals surface area contributed by atoms with Crippen molar-refractivity contribution in [2.45, 2.75) is 44.2 Å². The van der Waals surface area contributed by atoms with E-state index in [1.807, 2.05) is 0 Å². The molecule has 0 aromatic rings. The third kappa shape index (κ3) is 2.48. The van der Waals surface area contributed by atoms with Gasteiger partial charge in [0.1, 0.15) is 0 Å². The van der Waals surface area contributed by atoms with Gasteiger partial charge in [-0.05, 0) is 25.7 Å². The van der Waals surface area contributed by atoms with Crippen molar-refractivity contribution in [2.24, 2.45) is 0 Å². The number of cyclic esters (lactones) is 1. The van der Waals surface area contributed by atoms with Crippen molar-refractivity contribution in [1.29, 1.82) is 0 Å². The summed E-state index contributed by atoms with van der Waals surface area (Å²) in [5.74, 6) is -2.01. The summed E-state index contributed by atoms with van der Waals surface area (Å²) in [4.78, 5) is 11.2. The van der Waals surface area contributed by atoms with Crippen molar-refractivity contribution in [3.05, 3.63) is 0 Å². The SMILES string of the molecule is O=C1CCCCC(C2(O)OCCCO2)O1. The molecular formula is C10H16O5. The number of esters is 1. The zero-order valence-corrected chi connectivity index (χ0v) is 8.61. The molecule has 2 rings (SSSR count). The summed E-state index contributed by atoms with van der Waals surface area (Å²) in [6.45, 7) is 0.870. The molecule has 1 unspecified atom stereocenters. The molecule has 0 spiro atoms. The van der Waals surface area contributed by atoms with Gasteiger partial charge in [0.05, 0.1) is 13.2 Å². The van der Waals surface area contributed by atoms with E-state index in [4.69, 9.17) is 14.2 Å². The monoisotopic (exact) mass is 216 g/mol. The van der Waals surface area contributed by atoms with Crippen LogP contribution in [0.4, 0.5) is 0 Å². The summed E-state index contributed by atoms with van der Waals surface area (Å²) in [5.41, 5.74) is 0. The first-order valence-corrected chi connectivity index (χ1v) is 5.40. The first-order valence-electron chi connectivity index (χ1n) is 5.40. The largest absolute Gasteiger partial charge is 0.454 e. The lowest BCUT2D eigenvalue weighted by Gasteiger charge is -2.36. The first kappa shape index (κ1) is 10.9. The number of carbonyl (C=O) groups excluding carboxylic acids is 1. The van der Waals surface area contributed by atoms with E-state index >= 15 is 0 Å². The molecule has 2 aliphatic rings. The molecule has 1 N–H and O–H groups in total. The molecule has 0 amide bonds. The molecule has 2 saturated heterocycles. The van der Waals surface area contributed by atoms with Crippen LogP contribution in [-0.2, 0) is 19.0 Å². The molecule has 0 aromatic carbocycles. The third-order valence-electron chi connectivity index (χ3n) is 2.68. The second-order valence-corrected chi connectivity index (χ2v) is 3.91. The molecule has 5 heteroatoms. The van der Waals surface area contributed by atoms with Gasteiger partial charge in [0.25, 0.3) is 0 Å². The fourth-order valence-corrected chi connectivity index (χ4v) is 1.86. The maximum absolute atomic E-state index is 11.2. The van der Waals surface area contributed by atoms with Crippen molar-refractivity contribution >= 4 is 5.97 Å². The van der Waals surface area contributed by atoms with Crippen LogP contribution in [0.1, 0.15) is 32.1 Å². The van der Waals surface area contributed by atoms with E-state index in [0.29, 0.717) is 26.1 Å². The number of hydrogen-bond donors (Lipinski definition) is 1. The molecule has 86 valence electrons. The van der Waals surface area contributed by atoms with Crippen LogP contribution < -0.4 is 0 Å². The molecule has 0 radical (unpaired) electrons. The maximum Gasteiger partial charge on any atom is 0.319 e. The van der Waals surface area contributed by atoms with Crippen LogP contribution in [0.2, 0.25) is 0 Å². The Hall–Kier alpha value is -0.650. The van der Waals surface area contributed by atoms with Crippen LogP contribution in [0.3, 0.4) is 0 Å². The number of rotatable bonds is 1. The minimum atomic E-state index is -1.72. The second kappa shape index (κ2) is 4.47. The van der Waals surface area contributed by atoms with E-state index in [1.165, 1.54) is 0 Å². The smallest absolute Gasteiger partial charge is 0.319 e. The standard InChI is InChI=1S/C10H16O5/c11-9-5-2-1-4-8(15-9)10(12)13-6-3-7-14-10/h8,12H,1-7H2. The van der Waals surface area contributed by atoms with Gasteiger partial charge >= 0.3 is 11.9 Å². The lowest BCUT2D eigenvalue weighted by atomic mass is 10.1. The molecule has 2 fully saturated rings. The van der Waals surface area contributed by atoms with Gasteiger partial charge < -0.3 is 19.3 Å². The fourth-order valence-electron chi connectivity index (χ4n) is 1.86. The highest BCUT2D eigenvalue weighted by Crippen LogP contribution is 2.28. The van der Waals surface area contributed by atoms with Crippen molar-refractivity contribution in [3.8, 4) is 0 Å². The molecular weight excluding hydrogens is 200 g/mol. The zero-order chi connectivity index (χ0) is 10.7.